The number of anilines is 1. The Morgan fingerprint density at radius 1 is 1.15 bits per heavy atom. The third kappa shape index (κ3) is 2.99. The van der Waals surface area contributed by atoms with E-state index in [9.17, 15) is 4.79 Å². The van der Waals surface area contributed by atoms with Gasteiger partial charge in [0.05, 0.1) is 5.25 Å². The summed E-state index contributed by atoms with van der Waals surface area (Å²) in [4.78, 5) is 18.9. The molecule has 1 unspecified atom stereocenters. The Bertz CT molecular complexity index is 940. The highest BCUT2D eigenvalue weighted by molar-refractivity contribution is 8.00. The summed E-state index contributed by atoms with van der Waals surface area (Å²) in [6.45, 7) is 2.67. The first kappa shape index (κ1) is 16.8. The van der Waals surface area contributed by atoms with Gasteiger partial charge in [0, 0.05) is 37.2 Å². The summed E-state index contributed by atoms with van der Waals surface area (Å²) in [5.74, 6) is 0.870. The lowest BCUT2D eigenvalue weighted by atomic mass is 10.2. The smallest absolute Gasteiger partial charge is 0.240 e. The summed E-state index contributed by atoms with van der Waals surface area (Å²) < 4.78 is 1.92. The normalized spacial score (nSPS) is 14.3. The van der Waals surface area contributed by atoms with E-state index in [4.69, 9.17) is 0 Å². The molecule has 1 amide bonds. The van der Waals surface area contributed by atoms with E-state index in [0.717, 1.165) is 35.2 Å². The molecule has 0 saturated carbocycles. The minimum absolute atomic E-state index is 0.105. The second-order valence-electron chi connectivity index (χ2n) is 6.23. The Morgan fingerprint density at radius 2 is 1.92 bits per heavy atom. The van der Waals surface area contributed by atoms with Crippen molar-refractivity contribution >= 4 is 23.4 Å². The summed E-state index contributed by atoms with van der Waals surface area (Å²) in [6.07, 6.45) is 4.37. The zero-order chi connectivity index (χ0) is 18.1. The van der Waals surface area contributed by atoms with Crippen molar-refractivity contribution in [1.29, 1.82) is 0 Å². The van der Waals surface area contributed by atoms with E-state index in [2.05, 4.69) is 21.2 Å². The second kappa shape index (κ2) is 6.92. The van der Waals surface area contributed by atoms with Crippen LogP contribution in [0.2, 0.25) is 0 Å². The number of amides is 1. The number of aromatic nitrogens is 4. The van der Waals surface area contributed by atoms with Gasteiger partial charge in [0.25, 0.3) is 0 Å². The van der Waals surface area contributed by atoms with Crippen LogP contribution in [0.4, 0.5) is 5.69 Å². The highest BCUT2D eigenvalue weighted by Crippen LogP contribution is 2.31. The van der Waals surface area contributed by atoms with Crippen molar-refractivity contribution in [3.8, 4) is 11.4 Å². The molecule has 132 valence electrons. The first-order valence-corrected chi connectivity index (χ1v) is 9.39. The minimum atomic E-state index is -0.241. The topological polar surface area (TPSA) is 63.9 Å². The molecule has 1 aromatic carbocycles. The number of hydrogen-bond donors (Lipinski definition) is 0. The number of rotatable bonds is 4. The molecular weight excluding hydrogens is 346 g/mol. The fraction of sp³-hybridized carbons (Fsp3) is 0.263. The highest BCUT2D eigenvalue weighted by Gasteiger charge is 2.29. The van der Waals surface area contributed by atoms with Crippen molar-refractivity contribution in [2.75, 3.05) is 11.4 Å². The van der Waals surface area contributed by atoms with Crippen LogP contribution in [0.3, 0.4) is 0 Å². The fourth-order valence-corrected chi connectivity index (χ4v) is 4.04. The number of fused-ring (bicyclic) bond motifs is 1. The lowest BCUT2D eigenvalue weighted by Gasteiger charge is -2.21. The van der Waals surface area contributed by atoms with Gasteiger partial charge >= 0.3 is 0 Å². The molecule has 3 aromatic rings. The van der Waals surface area contributed by atoms with Crippen molar-refractivity contribution in [3.63, 3.8) is 0 Å². The Kier molecular flexibility index (Phi) is 4.46. The molecule has 4 rings (SSSR count). The number of para-hydroxylation sites is 1. The zero-order valence-electron chi connectivity index (χ0n) is 14.7. The Labute approximate surface area is 156 Å². The van der Waals surface area contributed by atoms with Gasteiger partial charge in [-0.1, -0.05) is 30.0 Å². The number of benzene rings is 1. The third-order valence-electron chi connectivity index (χ3n) is 4.56. The fourth-order valence-electron chi connectivity index (χ4n) is 3.17. The summed E-state index contributed by atoms with van der Waals surface area (Å²) in [5.41, 5.74) is 3.21. The molecule has 0 radical (unpaired) electrons. The van der Waals surface area contributed by atoms with Gasteiger partial charge in [-0.15, -0.1) is 10.2 Å². The maximum absolute atomic E-state index is 12.9. The molecule has 0 saturated heterocycles. The summed E-state index contributed by atoms with van der Waals surface area (Å²) >= 11 is 1.44. The SMILES string of the molecule is CC(Sc1nnc(-c2ccncc2)n1C)C(=O)N1CCc2ccccc21. The van der Waals surface area contributed by atoms with Crippen LogP contribution in [0.1, 0.15) is 12.5 Å². The van der Waals surface area contributed by atoms with Gasteiger partial charge in [-0.2, -0.15) is 0 Å². The number of carbonyl (C=O) groups excluding carboxylic acids is 1. The van der Waals surface area contributed by atoms with E-state index in [1.54, 1.807) is 12.4 Å². The highest BCUT2D eigenvalue weighted by atomic mass is 32.2. The second-order valence-corrected chi connectivity index (χ2v) is 7.54. The first-order valence-electron chi connectivity index (χ1n) is 8.51. The number of hydrogen-bond acceptors (Lipinski definition) is 5. The van der Waals surface area contributed by atoms with Crippen LogP contribution >= 0.6 is 11.8 Å². The van der Waals surface area contributed by atoms with Gasteiger partial charge in [-0.05, 0) is 37.1 Å². The van der Waals surface area contributed by atoms with Crippen molar-refractivity contribution in [3.05, 3.63) is 54.4 Å². The minimum Gasteiger partial charge on any atom is -0.311 e. The number of pyridine rings is 1. The Balaban J connectivity index is 1.52. The van der Waals surface area contributed by atoms with Gasteiger partial charge in [-0.25, -0.2) is 0 Å². The molecule has 0 spiro atoms. The molecule has 7 heteroatoms. The van der Waals surface area contributed by atoms with Crippen LogP contribution in [0.25, 0.3) is 11.4 Å². The van der Waals surface area contributed by atoms with Gasteiger partial charge in [0.15, 0.2) is 11.0 Å². The molecule has 1 aliphatic rings. The predicted molar refractivity (Wildman–Crippen MR) is 102 cm³/mol. The molecule has 2 aromatic heterocycles. The Morgan fingerprint density at radius 3 is 2.73 bits per heavy atom. The molecule has 1 aliphatic heterocycles. The molecule has 3 heterocycles. The predicted octanol–water partition coefficient (Wildman–Crippen LogP) is 2.95. The van der Waals surface area contributed by atoms with Crippen LogP contribution in [-0.4, -0.2) is 37.5 Å². The quantitative estimate of drug-likeness (QED) is 0.665. The molecule has 26 heavy (non-hydrogen) atoms. The lowest BCUT2D eigenvalue weighted by molar-refractivity contribution is -0.117. The van der Waals surface area contributed by atoms with Crippen molar-refractivity contribution < 1.29 is 4.79 Å². The maximum atomic E-state index is 12.9. The van der Waals surface area contributed by atoms with Crippen molar-refractivity contribution in [2.24, 2.45) is 7.05 Å². The molecule has 0 aliphatic carbocycles. The van der Waals surface area contributed by atoms with Crippen molar-refractivity contribution in [1.82, 2.24) is 19.7 Å². The largest absolute Gasteiger partial charge is 0.311 e. The summed E-state index contributed by atoms with van der Waals surface area (Å²) in [6, 6.07) is 11.9. The van der Waals surface area contributed by atoms with Crippen LogP contribution in [0.5, 0.6) is 0 Å². The molecule has 6 nitrogen and oxygen atoms in total. The molecule has 0 fully saturated rings. The zero-order valence-corrected chi connectivity index (χ0v) is 15.5. The van der Waals surface area contributed by atoms with Crippen LogP contribution < -0.4 is 4.90 Å². The van der Waals surface area contributed by atoms with Gasteiger partial charge in [-0.3, -0.25) is 9.78 Å². The maximum Gasteiger partial charge on any atom is 0.240 e. The summed E-state index contributed by atoms with van der Waals surface area (Å²) in [5, 5.41) is 9.03. The first-order chi connectivity index (χ1) is 12.6. The van der Waals surface area contributed by atoms with E-state index < -0.39 is 0 Å². The van der Waals surface area contributed by atoms with Crippen LogP contribution in [0.15, 0.2) is 53.9 Å². The monoisotopic (exact) mass is 365 g/mol. The average molecular weight is 365 g/mol. The van der Waals surface area contributed by atoms with E-state index in [-0.39, 0.29) is 11.2 Å². The van der Waals surface area contributed by atoms with E-state index in [0.29, 0.717) is 0 Å². The average Bonchev–Trinajstić information content (AvgIpc) is 3.26. The number of carbonyl (C=O) groups is 1. The van der Waals surface area contributed by atoms with Crippen LogP contribution in [-0.2, 0) is 18.3 Å². The number of thioether (sulfide) groups is 1. The van der Waals surface area contributed by atoms with Gasteiger partial charge in [0.2, 0.25) is 5.91 Å². The molecular formula is C19H19N5OS. The molecule has 0 N–H and O–H groups in total. The molecule has 0 bridgehead atoms. The third-order valence-corrected chi connectivity index (χ3v) is 5.68. The van der Waals surface area contributed by atoms with E-state index >= 15 is 0 Å². The molecule has 1 atom stereocenters. The van der Waals surface area contributed by atoms with Gasteiger partial charge in [0.1, 0.15) is 0 Å². The van der Waals surface area contributed by atoms with Crippen LogP contribution in [0, 0.1) is 0 Å². The standard InChI is InChI=1S/C19H19N5OS/c1-13(18(25)24-12-9-14-5-3-4-6-16(14)24)26-19-22-21-17(23(19)2)15-7-10-20-11-8-15/h3-8,10-11,13H,9,12H2,1-2H3. The lowest BCUT2D eigenvalue weighted by Crippen LogP contribution is -2.35. The van der Waals surface area contributed by atoms with E-state index in [1.165, 1.54) is 17.3 Å². The van der Waals surface area contributed by atoms with E-state index in [1.807, 2.05) is 53.8 Å². The van der Waals surface area contributed by atoms with Gasteiger partial charge < -0.3 is 9.47 Å². The van der Waals surface area contributed by atoms with Crippen molar-refractivity contribution in [2.45, 2.75) is 23.8 Å². The number of nitrogens with zero attached hydrogens (tertiary/aromatic N) is 5. The summed E-state index contributed by atoms with van der Waals surface area (Å²) in [7, 11) is 1.92. The Hall–Kier alpha value is -2.67.